The Morgan fingerprint density at radius 2 is 1.97 bits per heavy atom. The number of hydrogen-bond donors (Lipinski definition) is 1. The summed E-state index contributed by atoms with van der Waals surface area (Å²) in [5.41, 5.74) is 7.97. The fraction of sp³-hybridized carbons (Fsp3) is 0.227. The second-order valence-corrected chi connectivity index (χ2v) is 6.41. The number of ether oxygens (including phenoxy) is 5. The molecule has 1 atom stereocenters. The summed E-state index contributed by atoms with van der Waals surface area (Å²) < 4.78 is 28.1. The lowest BCUT2D eigenvalue weighted by molar-refractivity contribution is 0.174. The average molecular weight is 392 g/mol. The molecule has 7 heteroatoms. The van der Waals surface area contributed by atoms with Crippen molar-refractivity contribution in [1.82, 2.24) is 0 Å². The van der Waals surface area contributed by atoms with E-state index >= 15 is 0 Å². The summed E-state index contributed by atoms with van der Waals surface area (Å²) in [5.74, 6) is 2.52. The maximum absolute atomic E-state index is 9.76. The van der Waals surface area contributed by atoms with Gasteiger partial charge in [-0.2, -0.15) is 5.26 Å². The van der Waals surface area contributed by atoms with Gasteiger partial charge in [0, 0.05) is 11.6 Å². The van der Waals surface area contributed by atoms with E-state index in [9.17, 15) is 5.26 Å². The van der Waals surface area contributed by atoms with Gasteiger partial charge in [-0.05, 0) is 30.7 Å². The molecule has 0 bridgehead atoms. The fourth-order valence-electron chi connectivity index (χ4n) is 3.43. The van der Waals surface area contributed by atoms with Gasteiger partial charge in [0.2, 0.25) is 12.7 Å². The van der Waals surface area contributed by atoms with Crippen LogP contribution in [0.2, 0.25) is 0 Å². The number of nitriles is 1. The van der Waals surface area contributed by atoms with Crippen LogP contribution in [0.1, 0.15) is 24.0 Å². The third kappa shape index (κ3) is 3.29. The van der Waals surface area contributed by atoms with Crippen molar-refractivity contribution in [2.45, 2.75) is 12.8 Å². The Kier molecular flexibility index (Phi) is 4.92. The van der Waals surface area contributed by atoms with Gasteiger partial charge >= 0.3 is 0 Å². The normalized spacial score (nSPS) is 16.5. The molecular formula is C22H20N2O5. The highest BCUT2D eigenvalue weighted by atomic mass is 16.7. The first-order valence-corrected chi connectivity index (χ1v) is 9.17. The molecule has 7 nitrogen and oxygen atoms in total. The van der Waals surface area contributed by atoms with Gasteiger partial charge in [0.15, 0.2) is 23.0 Å². The lowest BCUT2D eigenvalue weighted by Crippen LogP contribution is -2.21. The Morgan fingerprint density at radius 1 is 1.17 bits per heavy atom. The van der Waals surface area contributed by atoms with Crippen molar-refractivity contribution < 1.29 is 23.7 Å². The number of benzene rings is 2. The lowest BCUT2D eigenvalue weighted by atomic mass is 9.83. The van der Waals surface area contributed by atoms with Crippen LogP contribution >= 0.6 is 0 Å². The standard InChI is InChI=1S/C22H20N2O5/c1-3-7-26-16-6-5-13(8-18(16)25-4-2)21-14-9-19-20(28-12-27-19)10-17(14)29-22(24)15(21)11-23/h3,5-6,8-10,21H,1,4,7,12,24H2,2H3/t21-/m1/s1. The molecule has 2 aromatic carbocycles. The highest BCUT2D eigenvalue weighted by molar-refractivity contribution is 5.62. The van der Waals surface area contributed by atoms with E-state index in [1.54, 1.807) is 12.1 Å². The monoisotopic (exact) mass is 392 g/mol. The first-order valence-electron chi connectivity index (χ1n) is 9.17. The molecule has 0 radical (unpaired) electrons. The molecule has 2 aliphatic rings. The first-order chi connectivity index (χ1) is 14.2. The SMILES string of the molecule is C=CCOc1ccc([C@H]2C(C#N)=C(N)Oc3cc4c(cc32)OCO4)cc1OCC. The second-order valence-electron chi connectivity index (χ2n) is 6.41. The Labute approximate surface area is 168 Å². The van der Waals surface area contributed by atoms with Gasteiger partial charge in [-0.25, -0.2) is 0 Å². The van der Waals surface area contributed by atoms with Gasteiger partial charge in [-0.3, -0.25) is 0 Å². The number of allylic oxidation sites excluding steroid dienone is 1. The number of nitrogens with zero attached hydrogens (tertiary/aromatic N) is 1. The Balaban J connectivity index is 1.84. The Bertz CT molecular complexity index is 1040. The minimum absolute atomic E-state index is 0.0637. The molecule has 0 aliphatic carbocycles. The largest absolute Gasteiger partial charge is 0.490 e. The molecule has 0 saturated heterocycles. The van der Waals surface area contributed by atoms with Crippen LogP contribution in [-0.2, 0) is 0 Å². The van der Waals surface area contributed by atoms with E-state index in [1.807, 2.05) is 31.2 Å². The fourth-order valence-corrected chi connectivity index (χ4v) is 3.43. The summed E-state index contributed by atoms with van der Waals surface area (Å²) in [4.78, 5) is 0. The zero-order valence-electron chi connectivity index (χ0n) is 15.9. The van der Waals surface area contributed by atoms with Crippen molar-refractivity contribution in [1.29, 1.82) is 5.26 Å². The van der Waals surface area contributed by atoms with E-state index in [0.29, 0.717) is 47.5 Å². The maximum Gasteiger partial charge on any atom is 0.231 e. The molecule has 148 valence electrons. The number of hydrogen-bond acceptors (Lipinski definition) is 7. The van der Waals surface area contributed by atoms with Gasteiger partial charge in [0.1, 0.15) is 24.0 Å². The summed E-state index contributed by atoms with van der Waals surface area (Å²) >= 11 is 0. The van der Waals surface area contributed by atoms with Crippen molar-refractivity contribution in [3.63, 3.8) is 0 Å². The van der Waals surface area contributed by atoms with Crippen LogP contribution in [0.15, 0.2) is 54.4 Å². The van der Waals surface area contributed by atoms with E-state index in [0.717, 1.165) is 11.1 Å². The van der Waals surface area contributed by atoms with Crippen LogP contribution in [0.3, 0.4) is 0 Å². The summed E-state index contributed by atoms with van der Waals surface area (Å²) in [5, 5.41) is 9.76. The summed E-state index contributed by atoms with van der Waals surface area (Å²) in [6, 6.07) is 11.3. The zero-order valence-corrected chi connectivity index (χ0v) is 15.9. The zero-order chi connectivity index (χ0) is 20.4. The molecule has 4 rings (SSSR count). The second kappa shape index (κ2) is 7.68. The van der Waals surface area contributed by atoms with Gasteiger partial charge in [-0.1, -0.05) is 18.7 Å². The van der Waals surface area contributed by atoms with Crippen LogP contribution in [0.4, 0.5) is 0 Å². The molecule has 29 heavy (non-hydrogen) atoms. The van der Waals surface area contributed by atoms with Crippen LogP contribution < -0.4 is 29.4 Å². The van der Waals surface area contributed by atoms with E-state index in [2.05, 4.69) is 12.6 Å². The van der Waals surface area contributed by atoms with Crippen LogP contribution in [0.5, 0.6) is 28.7 Å². The van der Waals surface area contributed by atoms with Crippen LogP contribution in [0, 0.1) is 11.3 Å². The highest BCUT2D eigenvalue weighted by Gasteiger charge is 2.33. The van der Waals surface area contributed by atoms with Gasteiger partial charge in [0.05, 0.1) is 12.5 Å². The molecule has 0 amide bonds. The third-order valence-corrected chi connectivity index (χ3v) is 4.67. The summed E-state index contributed by atoms with van der Waals surface area (Å²) in [7, 11) is 0. The highest BCUT2D eigenvalue weighted by Crippen LogP contribution is 2.48. The van der Waals surface area contributed by atoms with Crippen LogP contribution in [-0.4, -0.2) is 20.0 Å². The molecular weight excluding hydrogens is 372 g/mol. The minimum Gasteiger partial charge on any atom is -0.490 e. The van der Waals surface area contributed by atoms with Crippen molar-refractivity contribution in [2.75, 3.05) is 20.0 Å². The molecule has 0 aromatic heterocycles. The van der Waals surface area contributed by atoms with Crippen molar-refractivity contribution >= 4 is 0 Å². The van der Waals surface area contributed by atoms with Gasteiger partial charge < -0.3 is 29.4 Å². The number of nitrogens with two attached hydrogens (primary N) is 1. The maximum atomic E-state index is 9.76. The molecule has 2 aromatic rings. The minimum atomic E-state index is -0.439. The number of fused-ring (bicyclic) bond motifs is 2. The number of rotatable bonds is 6. The Morgan fingerprint density at radius 3 is 2.69 bits per heavy atom. The lowest BCUT2D eigenvalue weighted by Gasteiger charge is -2.27. The summed E-state index contributed by atoms with van der Waals surface area (Å²) in [6.07, 6.45) is 1.66. The van der Waals surface area contributed by atoms with E-state index < -0.39 is 5.92 Å². The molecule has 2 aliphatic heterocycles. The van der Waals surface area contributed by atoms with Gasteiger partial charge in [0.25, 0.3) is 0 Å². The first kappa shape index (κ1) is 18.6. The molecule has 0 spiro atoms. The molecule has 2 heterocycles. The smallest absolute Gasteiger partial charge is 0.231 e. The van der Waals surface area contributed by atoms with Gasteiger partial charge in [-0.15, -0.1) is 0 Å². The summed E-state index contributed by atoms with van der Waals surface area (Å²) in [6.45, 7) is 6.54. The van der Waals surface area contributed by atoms with E-state index in [-0.39, 0.29) is 12.7 Å². The van der Waals surface area contributed by atoms with Crippen molar-refractivity contribution in [2.24, 2.45) is 5.73 Å². The van der Waals surface area contributed by atoms with Crippen LogP contribution in [0.25, 0.3) is 0 Å². The van der Waals surface area contributed by atoms with E-state index in [4.69, 9.17) is 29.4 Å². The topological polar surface area (TPSA) is 96.0 Å². The van der Waals surface area contributed by atoms with Crippen molar-refractivity contribution in [3.05, 3.63) is 65.6 Å². The third-order valence-electron chi connectivity index (χ3n) is 4.67. The van der Waals surface area contributed by atoms with Crippen molar-refractivity contribution in [3.8, 4) is 34.8 Å². The van der Waals surface area contributed by atoms with E-state index in [1.165, 1.54) is 0 Å². The molecule has 0 unspecified atom stereocenters. The predicted molar refractivity (Wildman–Crippen MR) is 105 cm³/mol. The molecule has 0 fully saturated rings. The molecule has 2 N–H and O–H groups in total. The average Bonchev–Trinajstić information content (AvgIpc) is 3.18. The quantitative estimate of drug-likeness (QED) is 0.751. The Hall–Kier alpha value is -3.79. The molecule has 0 saturated carbocycles. The predicted octanol–water partition coefficient (Wildman–Crippen LogP) is 3.60.